The summed E-state index contributed by atoms with van der Waals surface area (Å²) in [6.07, 6.45) is 5.93. The van der Waals surface area contributed by atoms with E-state index in [0.717, 1.165) is 135 Å². The molecular weight excluding hydrogens is 1640 g/mol. The molecule has 0 unspecified atom stereocenters. The van der Waals surface area contributed by atoms with Crippen molar-refractivity contribution in [3.63, 3.8) is 0 Å². The number of hydrogen-bond acceptors (Lipinski definition) is 20. The molecule has 8 aromatic carbocycles. The molecule has 0 amide bonds. The van der Waals surface area contributed by atoms with Crippen molar-refractivity contribution in [3.05, 3.63) is 97.1 Å². The van der Waals surface area contributed by atoms with Crippen LogP contribution >= 0.6 is 46.2 Å². The Labute approximate surface area is 739 Å². The summed E-state index contributed by atoms with van der Waals surface area (Å²) < 4.78 is 75.6. The summed E-state index contributed by atoms with van der Waals surface area (Å²) in [5.41, 5.74) is 9.53. The molecule has 6 bridgehead atoms. The van der Waals surface area contributed by atoms with Crippen LogP contribution in [0.25, 0.3) is 130 Å². The molecule has 4 N–H and O–H groups in total. The van der Waals surface area contributed by atoms with Crippen molar-refractivity contribution >= 4 is 176 Å². The molecule has 18 rings (SSSR count). The number of aromatic amines is 2. The summed E-state index contributed by atoms with van der Waals surface area (Å²) in [5, 5.41) is 11.3. The van der Waals surface area contributed by atoms with Crippen molar-refractivity contribution < 1.29 is 65.7 Å². The zero-order valence-corrected chi connectivity index (χ0v) is 77.2. The number of nitrogens with zero attached hydrogens (tertiary/aromatic N) is 8. The van der Waals surface area contributed by atoms with Gasteiger partial charge in [-0.2, -0.15) is 9.61 Å². The molecule has 0 atom stereocenters. The van der Waals surface area contributed by atoms with Crippen molar-refractivity contribution in [2.24, 2.45) is 47.3 Å². The van der Waals surface area contributed by atoms with Gasteiger partial charge in [0, 0.05) is 39.4 Å². The molecule has 0 aliphatic carbocycles. The van der Waals surface area contributed by atoms with Crippen LogP contribution in [-0.2, 0) is 18.6 Å². The first-order valence-electron chi connectivity index (χ1n) is 43.3. The first-order chi connectivity index (χ1) is 58.6. The van der Waals surface area contributed by atoms with Crippen molar-refractivity contribution in [3.8, 4) is 68.8 Å². The van der Waals surface area contributed by atoms with Gasteiger partial charge in [0.1, 0.15) is 38.7 Å². The van der Waals surface area contributed by atoms with Crippen LogP contribution in [0.1, 0.15) is 162 Å². The number of aromatic nitrogens is 10. The van der Waals surface area contributed by atoms with Gasteiger partial charge in [-0.1, -0.05) is 188 Å². The minimum Gasteiger partial charge on any atom is -0.492 e. The Morgan fingerprint density at radius 1 is 0.369 bits per heavy atom. The summed E-state index contributed by atoms with van der Waals surface area (Å²) in [7, 11) is 0. The Kier molecular flexibility index (Phi) is 24.6. The largest absolute Gasteiger partial charge is 0.492 e. The predicted octanol–water partition coefficient (Wildman–Crippen LogP) is 26.1. The number of nitrogens with one attached hydrogen (secondary N) is 4. The molecule has 7 aromatic heterocycles. The number of anilines is 4. The van der Waals surface area contributed by atoms with Crippen LogP contribution in [0, 0.1) is 47.3 Å². The second kappa shape index (κ2) is 35.5. The zero-order valence-electron chi connectivity index (χ0n) is 72.5. The van der Waals surface area contributed by atoms with Crippen molar-refractivity contribution in [2.45, 2.75) is 182 Å². The summed E-state index contributed by atoms with van der Waals surface area (Å²) in [5.74, 6) is 7.23. The fourth-order valence-electron chi connectivity index (χ4n) is 15.6. The van der Waals surface area contributed by atoms with E-state index in [4.69, 9.17) is 72.4 Å². The van der Waals surface area contributed by atoms with Gasteiger partial charge in [-0.25, -0.2) is 4.98 Å². The van der Waals surface area contributed by atoms with Gasteiger partial charge in [0.25, 0.3) is 16.9 Å². The van der Waals surface area contributed by atoms with Crippen molar-refractivity contribution in [1.29, 1.82) is 0 Å². The van der Waals surface area contributed by atoms with Gasteiger partial charge in [-0.05, 0) is 156 Å². The molecule has 26 heteroatoms. The van der Waals surface area contributed by atoms with E-state index in [1.807, 2.05) is 0 Å². The first-order valence-corrected chi connectivity index (χ1v) is 46.6. The van der Waals surface area contributed by atoms with Crippen LogP contribution in [0.5, 0.6) is 46.0 Å². The molecule has 3 aliphatic heterocycles. The zero-order chi connectivity index (χ0) is 83.8. The van der Waals surface area contributed by atoms with E-state index in [1.165, 1.54) is 0 Å². The predicted molar refractivity (Wildman–Crippen MR) is 494 cm³/mol. The maximum absolute atomic E-state index is 8.17. The van der Waals surface area contributed by atoms with Crippen molar-refractivity contribution in [2.75, 3.05) is 63.5 Å². The van der Waals surface area contributed by atoms with E-state index in [2.05, 4.69) is 228 Å². The summed E-state index contributed by atoms with van der Waals surface area (Å²) in [6.45, 7) is 38.4. The average molecular weight is 1750 g/mol. The Balaban J connectivity index is 0.0000106. The Morgan fingerprint density at radius 3 is 1.25 bits per heavy atom. The molecule has 0 saturated heterocycles. The molecule has 21 nitrogen and oxygen atoms in total. The van der Waals surface area contributed by atoms with Crippen LogP contribution in [0.15, 0.2) is 121 Å². The van der Waals surface area contributed by atoms with Gasteiger partial charge in [-0.3, -0.25) is 0 Å². The van der Waals surface area contributed by atoms with Crippen LogP contribution in [0.2, 0.25) is 0 Å². The molecule has 122 heavy (non-hydrogen) atoms. The Morgan fingerprint density at radius 2 is 0.730 bits per heavy atom. The van der Waals surface area contributed by atoms with Crippen LogP contribution in [0.3, 0.4) is 0 Å². The van der Waals surface area contributed by atoms with Crippen molar-refractivity contribution in [1.82, 2.24) is 44.4 Å². The van der Waals surface area contributed by atoms with E-state index < -0.39 is 0 Å². The van der Waals surface area contributed by atoms with E-state index in [9.17, 15) is 0 Å². The van der Waals surface area contributed by atoms with Crippen LogP contribution in [0.4, 0.5) is 22.7 Å². The van der Waals surface area contributed by atoms with Crippen LogP contribution < -0.4 is 58.1 Å². The van der Waals surface area contributed by atoms with E-state index in [-0.39, 0.29) is 71.1 Å². The SMILES string of the molecule is CC(C)CCOc1c2c(c(OCCC(C)C)c3c1-c1nc-3nc3c4c(OCCC(C)C)c5[nH]c6ccccc6sc5c(OCCC(C)C)c4c4nc5c6c(OCCC(C)C)c7[nH]c8ccccc8sc7c(OCCC(C)C)c6c(nc6[n-]c(n1)c1c(OCCC(C)C)c7c(c(OCCC(C)C)c61)Nc1ccccc1S7)[n+]5on34)Sc1ccccc1N2.[V]. The minimum absolute atomic E-state index is 0. The molecule has 1 radical (unpaired) electrons. The van der Waals surface area contributed by atoms with Gasteiger partial charge in [0.15, 0.2) is 46.0 Å². The molecule has 0 spiro atoms. The summed E-state index contributed by atoms with van der Waals surface area (Å²) in [4.78, 5) is 48.1. The van der Waals surface area contributed by atoms with Gasteiger partial charge in [0.2, 0.25) is 5.65 Å². The third-order valence-corrected chi connectivity index (χ3v) is 27.1. The maximum Gasteiger partial charge on any atom is 0.287 e. The number of fused-ring (bicyclic) bond motifs is 24. The molecule has 15 aromatic rings. The summed E-state index contributed by atoms with van der Waals surface area (Å²) in [6, 6.07) is 33.5. The monoisotopic (exact) mass is 1750 g/mol. The number of para-hydroxylation sites is 4. The molecule has 3 aliphatic rings. The van der Waals surface area contributed by atoms with Gasteiger partial charge in [0.05, 0.1) is 143 Å². The second-order valence-corrected chi connectivity index (χ2v) is 39.7. The van der Waals surface area contributed by atoms with E-state index >= 15 is 0 Å². The fourth-order valence-corrected chi connectivity index (χ4v) is 20.0. The number of ether oxygens (including phenoxy) is 8. The molecule has 10 heterocycles. The molecule has 0 fully saturated rings. The van der Waals surface area contributed by atoms with E-state index in [0.29, 0.717) is 183 Å². The number of rotatable bonds is 32. The number of benzene rings is 8. The third-order valence-electron chi connectivity index (χ3n) is 22.4. The van der Waals surface area contributed by atoms with Gasteiger partial charge in [-0.15, -0.1) is 27.7 Å². The first kappa shape index (κ1) is 84.5. The summed E-state index contributed by atoms with van der Waals surface area (Å²) >= 11 is 6.53. The quantitative estimate of drug-likeness (QED) is 0.0227. The smallest absolute Gasteiger partial charge is 0.287 e. The molecular formula is C96H108N12O9S4V. The van der Waals surface area contributed by atoms with E-state index in [1.54, 1.807) is 55.3 Å². The average Bonchev–Trinajstić information content (AvgIpc) is 1.52. The Hall–Kier alpha value is -9.76. The van der Waals surface area contributed by atoms with Gasteiger partial charge >= 0.3 is 0 Å². The Bertz CT molecular complexity index is 6670. The third kappa shape index (κ3) is 16.1. The minimum atomic E-state index is 0. The maximum atomic E-state index is 8.17. The standard InChI is InChI=1S/C96H107N12O9S4.V/c1-49(2)33-41-109-77-65-68(82(114-46-38-54(11)12)86-73(77)97-57-25-17-22-30-62(57)119-86)92-102-89(65)101-90-67-66(78(110-42-34-50(3)4)74-85(81(67)113-45-37-53(9)10)118-61-29-21-18-26-58(61)98-74)91(103-90)104-94-71-70(80(112-44-36-52(7)8)76-87(83(71)115-47-39-55(13)14)120-63-31-23-20-28-60(63)100-76)95-106-96-72-69(93(105-92)107(96)117-108(94)95)79(111-43-35-51(5)6)75-88(84(72)116-48-40-56(15)16)121-64-32-24-19-27-59(64)99-75;/h17-32,49-56H,33-48H2,1-16H3,(H3-,97,98,99,100,101,102,103,104,105,106);/q-1;/p+1. The normalized spacial score (nSPS) is 12.9. The topological polar surface area (TPSA) is 230 Å². The number of H-pyrrole nitrogens is 2. The molecule has 635 valence electrons. The second-order valence-electron chi connectivity index (χ2n) is 35.5. The van der Waals surface area contributed by atoms with Crippen LogP contribution in [-0.4, -0.2) is 92.3 Å². The molecule has 0 saturated carbocycles. The van der Waals surface area contributed by atoms with Gasteiger partial charge < -0.3 is 68.5 Å². The number of hydrogen-bond donors (Lipinski definition) is 4. The fraction of sp³-hybridized carbons (Fsp3) is 0.417.